The van der Waals surface area contributed by atoms with Gasteiger partial charge in [-0.15, -0.1) is 0 Å². The van der Waals surface area contributed by atoms with Crippen LogP contribution in [-0.2, 0) is 13.2 Å². The van der Waals surface area contributed by atoms with Gasteiger partial charge >= 0.3 is 0 Å². The third-order valence-electron chi connectivity index (χ3n) is 4.14. The number of amides is 1. The summed E-state index contributed by atoms with van der Waals surface area (Å²) in [6.07, 6.45) is 3.40. The number of rotatable bonds is 7. The number of anilines is 1. The predicted octanol–water partition coefficient (Wildman–Crippen LogP) is 5.12. The van der Waals surface area contributed by atoms with Gasteiger partial charge in [0, 0.05) is 10.7 Å². The highest BCUT2D eigenvalue weighted by atomic mass is 79.9. The molecule has 0 aliphatic carbocycles. The molecule has 0 saturated heterocycles. The van der Waals surface area contributed by atoms with Gasteiger partial charge in [0.25, 0.3) is 5.91 Å². The van der Waals surface area contributed by atoms with Crippen molar-refractivity contribution in [3.05, 3.63) is 101 Å². The van der Waals surface area contributed by atoms with E-state index in [1.807, 2.05) is 54.6 Å². The first-order valence-corrected chi connectivity index (χ1v) is 9.80. The minimum absolute atomic E-state index is 0.216. The van der Waals surface area contributed by atoms with E-state index in [0.717, 1.165) is 10.0 Å². The molecule has 146 valence electrons. The molecule has 6 nitrogen and oxygen atoms in total. The molecule has 7 heteroatoms. The second-order valence-corrected chi connectivity index (χ2v) is 7.29. The van der Waals surface area contributed by atoms with Crippen LogP contribution in [-0.4, -0.2) is 15.7 Å². The van der Waals surface area contributed by atoms with Crippen molar-refractivity contribution in [1.29, 1.82) is 0 Å². The van der Waals surface area contributed by atoms with Crippen molar-refractivity contribution < 1.29 is 13.9 Å². The van der Waals surface area contributed by atoms with Crippen LogP contribution >= 0.6 is 15.9 Å². The Labute approximate surface area is 176 Å². The summed E-state index contributed by atoms with van der Waals surface area (Å²) in [6.45, 7) is 0.868. The summed E-state index contributed by atoms with van der Waals surface area (Å²) in [5.41, 5.74) is 1.74. The number of furan rings is 1. The number of halogens is 1. The van der Waals surface area contributed by atoms with Gasteiger partial charge in [0.15, 0.2) is 5.76 Å². The van der Waals surface area contributed by atoms with E-state index in [0.29, 0.717) is 23.7 Å². The molecule has 0 aliphatic rings. The Kier molecular flexibility index (Phi) is 5.76. The zero-order valence-corrected chi connectivity index (χ0v) is 17.0. The van der Waals surface area contributed by atoms with Crippen molar-refractivity contribution in [2.75, 3.05) is 5.32 Å². The van der Waals surface area contributed by atoms with Crippen molar-refractivity contribution in [2.45, 2.75) is 13.2 Å². The van der Waals surface area contributed by atoms with Crippen molar-refractivity contribution >= 4 is 27.5 Å². The van der Waals surface area contributed by atoms with Crippen LogP contribution in [0.1, 0.15) is 21.9 Å². The molecule has 1 N–H and O–H groups in total. The summed E-state index contributed by atoms with van der Waals surface area (Å²) in [5, 5.41) is 7.08. The van der Waals surface area contributed by atoms with Crippen LogP contribution in [0, 0.1) is 0 Å². The SMILES string of the molecule is O=C(Nc1cnn(Cc2ccccc2)c1)c1ccc(COc2cccc(Br)c2)o1. The number of aromatic nitrogens is 2. The molecule has 0 unspecified atom stereocenters. The van der Waals surface area contributed by atoms with Gasteiger partial charge in [0.2, 0.25) is 0 Å². The quantitative estimate of drug-likeness (QED) is 0.423. The summed E-state index contributed by atoms with van der Waals surface area (Å²) in [4.78, 5) is 12.4. The van der Waals surface area contributed by atoms with E-state index >= 15 is 0 Å². The van der Waals surface area contributed by atoms with Gasteiger partial charge in [-0.25, -0.2) is 0 Å². The van der Waals surface area contributed by atoms with Crippen LogP contribution < -0.4 is 10.1 Å². The normalized spacial score (nSPS) is 10.7. The molecule has 0 bridgehead atoms. The standard InChI is InChI=1S/C22H18BrN3O3/c23-17-7-4-8-19(11-17)28-15-20-9-10-21(29-20)22(27)25-18-12-24-26(14-18)13-16-5-2-1-3-6-16/h1-12,14H,13,15H2,(H,25,27). The van der Waals surface area contributed by atoms with E-state index in [2.05, 4.69) is 26.3 Å². The fourth-order valence-electron chi connectivity index (χ4n) is 2.77. The Bertz CT molecular complexity index is 1110. The molecule has 0 saturated carbocycles. The molecule has 2 aromatic carbocycles. The minimum Gasteiger partial charge on any atom is -0.486 e. The number of carbonyl (C=O) groups excluding carboxylic acids is 1. The zero-order chi connectivity index (χ0) is 20.1. The third-order valence-corrected chi connectivity index (χ3v) is 4.63. The maximum atomic E-state index is 12.4. The molecule has 0 aliphatic heterocycles. The molecule has 2 heterocycles. The summed E-state index contributed by atoms with van der Waals surface area (Å²) in [7, 11) is 0. The summed E-state index contributed by atoms with van der Waals surface area (Å²) < 4.78 is 14.0. The molecule has 1 amide bonds. The number of hydrogen-bond donors (Lipinski definition) is 1. The van der Waals surface area contributed by atoms with Crippen molar-refractivity contribution in [1.82, 2.24) is 9.78 Å². The molecule has 0 atom stereocenters. The summed E-state index contributed by atoms with van der Waals surface area (Å²) in [5.74, 6) is 1.16. The van der Waals surface area contributed by atoms with Crippen LogP contribution in [0.25, 0.3) is 0 Å². The fourth-order valence-corrected chi connectivity index (χ4v) is 3.14. The van der Waals surface area contributed by atoms with E-state index in [-0.39, 0.29) is 18.3 Å². The molecule has 0 fully saturated rings. The van der Waals surface area contributed by atoms with Crippen LogP contribution in [0.5, 0.6) is 5.75 Å². The molecular weight excluding hydrogens is 434 g/mol. The van der Waals surface area contributed by atoms with E-state index in [1.165, 1.54) is 0 Å². The molecule has 2 aromatic heterocycles. The zero-order valence-electron chi connectivity index (χ0n) is 15.4. The largest absolute Gasteiger partial charge is 0.486 e. The number of nitrogens with one attached hydrogen (secondary N) is 1. The predicted molar refractivity (Wildman–Crippen MR) is 113 cm³/mol. The topological polar surface area (TPSA) is 69.3 Å². The average molecular weight is 452 g/mol. The van der Waals surface area contributed by atoms with Gasteiger partial charge in [-0.05, 0) is 35.9 Å². The lowest BCUT2D eigenvalue weighted by Crippen LogP contribution is -2.10. The maximum absolute atomic E-state index is 12.4. The van der Waals surface area contributed by atoms with Crippen LogP contribution in [0.3, 0.4) is 0 Å². The fraction of sp³-hybridized carbons (Fsp3) is 0.0909. The molecular formula is C22H18BrN3O3. The highest BCUT2D eigenvalue weighted by Crippen LogP contribution is 2.20. The molecule has 0 spiro atoms. The Morgan fingerprint density at radius 2 is 1.97 bits per heavy atom. The lowest BCUT2D eigenvalue weighted by atomic mass is 10.2. The lowest BCUT2D eigenvalue weighted by Gasteiger charge is -2.04. The molecule has 29 heavy (non-hydrogen) atoms. The van der Waals surface area contributed by atoms with Crippen molar-refractivity contribution in [3.63, 3.8) is 0 Å². The highest BCUT2D eigenvalue weighted by molar-refractivity contribution is 9.10. The van der Waals surface area contributed by atoms with Crippen molar-refractivity contribution in [2.24, 2.45) is 0 Å². The van der Waals surface area contributed by atoms with Crippen LogP contribution in [0.2, 0.25) is 0 Å². The monoisotopic (exact) mass is 451 g/mol. The van der Waals surface area contributed by atoms with Crippen LogP contribution in [0.15, 0.2) is 88.0 Å². The molecule has 4 aromatic rings. The van der Waals surface area contributed by atoms with Gasteiger partial charge in [-0.1, -0.05) is 52.3 Å². The number of hydrogen-bond acceptors (Lipinski definition) is 4. The maximum Gasteiger partial charge on any atom is 0.291 e. The Balaban J connectivity index is 1.33. The Morgan fingerprint density at radius 1 is 1.10 bits per heavy atom. The van der Waals surface area contributed by atoms with Gasteiger partial charge in [-0.3, -0.25) is 9.48 Å². The van der Waals surface area contributed by atoms with E-state index in [1.54, 1.807) is 29.2 Å². The second-order valence-electron chi connectivity index (χ2n) is 6.38. The van der Waals surface area contributed by atoms with Crippen molar-refractivity contribution in [3.8, 4) is 5.75 Å². The van der Waals surface area contributed by atoms with Crippen LogP contribution in [0.4, 0.5) is 5.69 Å². The first-order valence-electron chi connectivity index (χ1n) is 9.00. The smallest absolute Gasteiger partial charge is 0.291 e. The molecule has 0 radical (unpaired) electrons. The van der Waals surface area contributed by atoms with Gasteiger partial charge in [0.05, 0.1) is 18.4 Å². The summed E-state index contributed by atoms with van der Waals surface area (Å²) in [6, 6.07) is 20.9. The second kappa shape index (κ2) is 8.79. The number of carbonyl (C=O) groups is 1. The first kappa shape index (κ1) is 19.0. The van der Waals surface area contributed by atoms with Gasteiger partial charge in [0.1, 0.15) is 18.1 Å². The first-order chi connectivity index (χ1) is 14.2. The van der Waals surface area contributed by atoms with Gasteiger partial charge in [-0.2, -0.15) is 5.10 Å². The van der Waals surface area contributed by atoms with E-state index < -0.39 is 0 Å². The number of benzene rings is 2. The minimum atomic E-state index is -0.335. The highest BCUT2D eigenvalue weighted by Gasteiger charge is 2.13. The number of ether oxygens (including phenoxy) is 1. The number of nitrogens with zero attached hydrogens (tertiary/aromatic N) is 2. The van der Waals surface area contributed by atoms with Gasteiger partial charge < -0.3 is 14.5 Å². The third kappa shape index (κ3) is 5.14. The average Bonchev–Trinajstić information content (AvgIpc) is 3.37. The van der Waals surface area contributed by atoms with E-state index in [4.69, 9.17) is 9.15 Å². The lowest BCUT2D eigenvalue weighted by molar-refractivity contribution is 0.0992. The summed E-state index contributed by atoms with van der Waals surface area (Å²) >= 11 is 3.40. The molecule has 4 rings (SSSR count). The van der Waals surface area contributed by atoms with E-state index in [9.17, 15) is 4.79 Å². The Hall–Kier alpha value is -3.32. The Morgan fingerprint density at radius 3 is 2.79 bits per heavy atom.